The zero-order valence-electron chi connectivity index (χ0n) is 9.54. The highest BCUT2D eigenvalue weighted by atomic mass is 16.1. The van der Waals surface area contributed by atoms with Gasteiger partial charge in [-0.05, 0) is 49.9 Å². The summed E-state index contributed by atoms with van der Waals surface area (Å²) in [6.07, 6.45) is 9.38. The summed E-state index contributed by atoms with van der Waals surface area (Å²) in [6.45, 7) is 2.33. The third-order valence-electron chi connectivity index (χ3n) is 4.10. The third kappa shape index (κ3) is 2.42. The first-order valence-electron chi connectivity index (χ1n) is 6.16. The molecule has 3 unspecified atom stereocenters. The molecule has 84 valence electrons. The van der Waals surface area contributed by atoms with E-state index in [-0.39, 0.29) is 5.91 Å². The molecule has 0 heterocycles. The normalized spacial score (nSPS) is 38.7. The van der Waals surface area contributed by atoms with Gasteiger partial charge in [0.2, 0.25) is 5.91 Å². The number of amides is 1. The Morgan fingerprint density at radius 3 is 2.93 bits per heavy atom. The second-order valence-electron chi connectivity index (χ2n) is 5.30. The molecule has 0 aromatic heterocycles. The molecule has 2 fully saturated rings. The van der Waals surface area contributed by atoms with E-state index in [0.29, 0.717) is 5.92 Å². The molecule has 0 spiro atoms. The van der Waals surface area contributed by atoms with E-state index in [1.807, 2.05) is 0 Å². The molecule has 2 heteroatoms. The summed E-state index contributed by atoms with van der Waals surface area (Å²) in [5.41, 5.74) is 6.60. The highest BCUT2D eigenvalue weighted by molar-refractivity contribution is 5.86. The molecular weight excluding hydrogens is 186 g/mol. The Hall–Kier alpha value is -0.790. The number of rotatable bonds is 1. The number of carbonyl (C=O) groups is 1. The van der Waals surface area contributed by atoms with Gasteiger partial charge in [0.25, 0.3) is 0 Å². The van der Waals surface area contributed by atoms with Gasteiger partial charge in [0, 0.05) is 6.08 Å². The maximum absolute atomic E-state index is 11.0. The second-order valence-corrected chi connectivity index (χ2v) is 5.30. The van der Waals surface area contributed by atoms with Crippen LogP contribution in [-0.4, -0.2) is 5.91 Å². The van der Waals surface area contributed by atoms with Crippen molar-refractivity contribution < 1.29 is 4.79 Å². The van der Waals surface area contributed by atoms with E-state index < -0.39 is 0 Å². The summed E-state index contributed by atoms with van der Waals surface area (Å²) in [5, 5.41) is 0. The van der Waals surface area contributed by atoms with Gasteiger partial charge in [-0.3, -0.25) is 4.79 Å². The van der Waals surface area contributed by atoms with Crippen LogP contribution in [0.15, 0.2) is 11.6 Å². The van der Waals surface area contributed by atoms with Crippen LogP contribution in [0.25, 0.3) is 0 Å². The van der Waals surface area contributed by atoms with Crippen LogP contribution < -0.4 is 5.73 Å². The number of hydrogen-bond donors (Lipinski definition) is 1. The van der Waals surface area contributed by atoms with Gasteiger partial charge in [-0.15, -0.1) is 0 Å². The van der Waals surface area contributed by atoms with Gasteiger partial charge in [0.15, 0.2) is 0 Å². The average molecular weight is 207 g/mol. The number of allylic oxidation sites excluding steroid dienone is 1. The Kier molecular flexibility index (Phi) is 3.13. The predicted octanol–water partition coefficient (Wildman–Crippen LogP) is 2.63. The van der Waals surface area contributed by atoms with E-state index >= 15 is 0 Å². The number of carbonyl (C=O) groups excluding carboxylic acids is 1. The monoisotopic (exact) mass is 207 g/mol. The first kappa shape index (κ1) is 10.7. The molecule has 1 amide bonds. The van der Waals surface area contributed by atoms with Crippen molar-refractivity contribution in [2.24, 2.45) is 23.5 Å². The molecule has 15 heavy (non-hydrogen) atoms. The Labute approximate surface area is 91.9 Å². The minimum absolute atomic E-state index is 0.260. The molecule has 0 aromatic carbocycles. The number of hydrogen-bond acceptors (Lipinski definition) is 1. The van der Waals surface area contributed by atoms with Gasteiger partial charge in [-0.2, -0.15) is 0 Å². The lowest BCUT2D eigenvalue weighted by Gasteiger charge is -2.40. The van der Waals surface area contributed by atoms with E-state index in [4.69, 9.17) is 5.73 Å². The molecule has 0 bridgehead atoms. The average Bonchev–Trinajstić information content (AvgIpc) is 2.18. The van der Waals surface area contributed by atoms with Crippen molar-refractivity contribution in [1.29, 1.82) is 0 Å². The number of fused-ring (bicyclic) bond motifs is 1. The summed E-state index contributed by atoms with van der Waals surface area (Å²) in [6, 6.07) is 0. The molecule has 2 saturated carbocycles. The molecular formula is C13H21NO. The fraction of sp³-hybridized carbons (Fsp3) is 0.769. The zero-order chi connectivity index (χ0) is 10.8. The third-order valence-corrected chi connectivity index (χ3v) is 4.10. The first-order valence-corrected chi connectivity index (χ1v) is 6.16. The molecule has 2 aliphatic rings. The smallest absolute Gasteiger partial charge is 0.241 e. The number of nitrogens with two attached hydrogens (primary N) is 1. The molecule has 2 nitrogen and oxygen atoms in total. The Bertz CT molecular complexity index is 282. The highest BCUT2D eigenvalue weighted by Gasteiger charge is 2.33. The summed E-state index contributed by atoms with van der Waals surface area (Å²) >= 11 is 0. The zero-order valence-corrected chi connectivity index (χ0v) is 9.54. The lowest BCUT2D eigenvalue weighted by Crippen LogP contribution is -2.29. The number of primary amides is 1. The van der Waals surface area contributed by atoms with E-state index in [0.717, 1.165) is 18.3 Å². The van der Waals surface area contributed by atoms with Gasteiger partial charge in [0.05, 0.1) is 0 Å². The summed E-state index contributed by atoms with van der Waals surface area (Å²) in [7, 11) is 0. The lowest BCUT2D eigenvalue weighted by atomic mass is 9.65. The Morgan fingerprint density at radius 2 is 2.20 bits per heavy atom. The molecule has 2 aliphatic carbocycles. The van der Waals surface area contributed by atoms with Crippen LogP contribution in [0.4, 0.5) is 0 Å². The minimum atomic E-state index is -0.260. The molecule has 0 aliphatic heterocycles. The molecule has 2 N–H and O–H groups in total. The van der Waals surface area contributed by atoms with E-state index in [1.165, 1.54) is 37.7 Å². The fourth-order valence-corrected chi connectivity index (χ4v) is 3.36. The molecule has 0 radical (unpaired) electrons. The van der Waals surface area contributed by atoms with Crippen LogP contribution in [0.1, 0.15) is 45.4 Å². The Morgan fingerprint density at radius 1 is 1.40 bits per heavy atom. The van der Waals surface area contributed by atoms with Crippen molar-refractivity contribution in [1.82, 2.24) is 0 Å². The lowest BCUT2D eigenvalue weighted by molar-refractivity contribution is -0.113. The highest BCUT2D eigenvalue weighted by Crippen LogP contribution is 2.45. The van der Waals surface area contributed by atoms with Gasteiger partial charge >= 0.3 is 0 Å². The van der Waals surface area contributed by atoms with Crippen LogP contribution in [0.2, 0.25) is 0 Å². The van der Waals surface area contributed by atoms with Crippen LogP contribution in [0.5, 0.6) is 0 Å². The van der Waals surface area contributed by atoms with E-state index in [1.54, 1.807) is 6.08 Å². The molecule has 2 rings (SSSR count). The Balaban J connectivity index is 2.14. The fourth-order valence-electron chi connectivity index (χ4n) is 3.36. The minimum Gasteiger partial charge on any atom is -0.366 e. The van der Waals surface area contributed by atoms with Crippen LogP contribution in [0.3, 0.4) is 0 Å². The van der Waals surface area contributed by atoms with Crippen molar-refractivity contribution in [3.63, 3.8) is 0 Å². The standard InChI is InChI=1S/C13H21NO/c1-9-5-6-10-3-2-4-11(8-13(14)15)12(10)7-9/h8-10,12H,2-7H2,1H3,(H2,14,15). The maximum atomic E-state index is 11.0. The van der Waals surface area contributed by atoms with Crippen LogP contribution >= 0.6 is 0 Å². The maximum Gasteiger partial charge on any atom is 0.241 e. The predicted molar refractivity (Wildman–Crippen MR) is 61.1 cm³/mol. The summed E-state index contributed by atoms with van der Waals surface area (Å²) in [5.74, 6) is 2.06. The largest absolute Gasteiger partial charge is 0.366 e. The van der Waals surface area contributed by atoms with Gasteiger partial charge in [-0.1, -0.05) is 18.9 Å². The molecule has 0 aromatic rings. The van der Waals surface area contributed by atoms with Crippen molar-refractivity contribution in [2.45, 2.75) is 45.4 Å². The first-order chi connectivity index (χ1) is 7.16. The van der Waals surface area contributed by atoms with Gasteiger partial charge in [0.1, 0.15) is 0 Å². The summed E-state index contributed by atoms with van der Waals surface area (Å²) < 4.78 is 0. The second kappa shape index (κ2) is 4.38. The quantitative estimate of drug-likeness (QED) is 0.660. The SMILES string of the molecule is CC1CCC2CCCC(=CC(N)=O)C2C1. The van der Waals surface area contributed by atoms with Crippen molar-refractivity contribution in [3.8, 4) is 0 Å². The van der Waals surface area contributed by atoms with Crippen molar-refractivity contribution in [3.05, 3.63) is 11.6 Å². The van der Waals surface area contributed by atoms with Crippen LogP contribution in [-0.2, 0) is 4.79 Å². The van der Waals surface area contributed by atoms with Gasteiger partial charge in [-0.25, -0.2) is 0 Å². The van der Waals surface area contributed by atoms with Crippen molar-refractivity contribution in [2.75, 3.05) is 0 Å². The van der Waals surface area contributed by atoms with Gasteiger partial charge < -0.3 is 5.73 Å². The summed E-state index contributed by atoms with van der Waals surface area (Å²) in [4.78, 5) is 11.0. The van der Waals surface area contributed by atoms with E-state index in [9.17, 15) is 4.79 Å². The van der Waals surface area contributed by atoms with Crippen molar-refractivity contribution >= 4 is 5.91 Å². The topological polar surface area (TPSA) is 43.1 Å². The molecule has 0 saturated heterocycles. The van der Waals surface area contributed by atoms with Crippen LogP contribution in [0, 0.1) is 17.8 Å². The molecule has 3 atom stereocenters. The van der Waals surface area contributed by atoms with E-state index in [2.05, 4.69) is 6.92 Å².